The third kappa shape index (κ3) is 7.14. The maximum Gasteiger partial charge on any atom is 0.481 e. The second-order valence-electron chi connectivity index (χ2n) is 13.4. The van der Waals surface area contributed by atoms with Gasteiger partial charge in [-0.25, -0.2) is 10.2 Å². The number of nitrogens with one attached hydrogen (secondary N) is 4. The first-order valence-electron chi connectivity index (χ1n) is 15.2. The molecule has 2 amide bonds. The summed E-state index contributed by atoms with van der Waals surface area (Å²) in [7, 11) is -0.563. The summed E-state index contributed by atoms with van der Waals surface area (Å²) in [6, 6.07) is -1.14. The van der Waals surface area contributed by atoms with E-state index >= 15 is 0 Å². The number of carbonyl (C=O) groups excluding carboxylic acids is 2. The van der Waals surface area contributed by atoms with E-state index in [2.05, 4.69) is 55.6 Å². The molecule has 3 aliphatic carbocycles. The zero-order valence-electron chi connectivity index (χ0n) is 25.2. The third-order valence-electron chi connectivity index (χ3n) is 9.75. The monoisotopic (exact) mass is 578 g/mol. The fourth-order valence-corrected chi connectivity index (χ4v) is 7.35. The lowest BCUT2D eigenvalue weighted by Gasteiger charge is -2.64. The van der Waals surface area contributed by atoms with Gasteiger partial charge in [0, 0.05) is 6.54 Å². The van der Waals surface area contributed by atoms with Crippen molar-refractivity contribution in [3.8, 4) is 0 Å². The molecular weight excluding hydrogens is 529 g/mol. The number of rotatable bonds is 12. The normalized spacial score (nSPS) is 32.0. The largest absolute Gasteiger partial charge is 0.481 e. The summed E-state index contributed by atoms with van der Waals surface area (Å²) in [6.45, 7) is 12.0. The maximum absolute atomic E-state index is 13.7. The van der Waals surface area contributed by atoms with Crippen LogP contribution in [0.4, 0.5) is 0 Å². The lowest BCUT2D eigenvalue weighted by Crippen LogP contribution is -2.65. The van der Waals surface area contributed by atoms with Crippen molar-refractivity contribution in [2.24, 2.45) is 33.9 Å². The molecule has 0 spiro atoms. The molecule has 7 atom stereocenters. The summed E-state index contributed by atoms with van der Waals surface area (Å²) in [5.41, 5.74) is 7.30. The highest BCUT2D eigenvalue weighted by atomic mass is 16.7. The van der Waals surface area contributed by atoms with Crippen LogP contribution in [0.15, 0.2) is 4.99 Å². The van der Waals surface area contributed by atoms with Crippen LogP contribution in [0.1, 0.15) is 86.0 Å². The van der Waals surface area contributed by atoms with Gasteiger partial charge >= 0.3 is 12.2 Å². The van der Waals surface area contributed by atoms with Crippen molar-refractivity contribution in [2.45, 2.75) is 116 Å². The smallest absolute Gasteiger partial charge is 0.404 e. The minimum absolute atomic E-state index is 0.00427. The van der Waals surface area contributed by atoms with Gasteiger partial charge in [0.25, 0.3) is 5.96 Å². The standard InChI is InChI=1S/C27H48BN7O6/c1-16(2)13-22(28-40-21-15-17-14-20(26(17,3)4)27(21,5)41-28)33-24(37)19(10-8-12-31-25(29)34-35(38)39)32-23(36)18-9-6-7-11-30-18/h16-22,30H,6-15H2,1-5H3,(H5-,29,31,32,33,34,36,37,38,39)/p+1/t17-,18-,19-,20-,21+,22-,27-/m0/s1. The summed E-state index contributed by atoms with van der Waals surface area (Å²) in [4.78, 5) is 41.5. The van der Waals surface area contributed by atoms with Crippen LogP contribution in [0.5, 0.6) is 0 Å². The Morgan fingerprint density at radius 2 is 1.98 bits per heavy atom. The molecule has 0 aromatic rings. The fraction of sp³-hybridized carbons (Fsp3) is 0.889. The molecule has 41 heavy (non-hydrogen) atoms. The van der Waals surface area contributed by atoms with Crippen LogP contribution in [-0.2, 0) is 18.9 Å². The van der Waals surface area contributed by atoms with E-state index in [0.29, 0.717) is 31.1 Å². The van der Waals surface area contributed by atoms with E-state index in [-0.39, 0.29) is 59.3 Å². The molecule has 230 valence electrons. The molecule has 5 fully saturated rings. The summed E-state index contributed by atoms with van der Waals surface area (Å²) in [5, 5.41) is 17.5. The van der Waals surface area contributed by atoms with Crippen molar-refractivity contribution >= 4 is 24.9 Å². The zero-order valence-corrected chi connectivity index (χ0v) is 25.2. The van der Waals surface area contributed by atoms with Crippen LogP contribution in [0, 0.1) is 28.1 Å². The van der Waals surface area contributed by atoms with E-state index in [0.717, 1.165) is 38.6 Å². The van der Waals surface area contributed by atoms with Crippen LogP contribution < -0.4 is 27.1 Å². The number of hydrazine groups is 1. The van der Waals surface area contributed by atoms with Crippen molar-refractivity contribution in [1.82, 2.24) is 21.4 Å². The predicted octanol–water partition coefficient (Wildman–Crippen LogP) is 1.18. The molecule has 2 heterocycles. The molecule has 5 rings (SSSR count). The summed E-state index contributed by atoms with van der Waals surface area (Å²) in [6.07, 6.45) is 6.19. The van der Waals surface area contributed by atoms with E-state index in [1.54, 1.807) is 0 Å². The Labute approximate surface area is 243 Å². The van der Waals surface area contributed by atoms with E-state index in [9.17, 15) is 14.5 Å². The van der Waals surface area contributed by atoms with Crippen LogP contribution in [-0.4, -0.2) is 78.0 Å². The zero-order chi connectivity index (χ0) is 29.9. The number of guanidine groups is 1. The second kappa shape index (κ2) is 12.8. The maximum atomic E-state index is 13.7. The van der Waals surface area contributed by atoms with E-state index < -0.39 is 18.2 Å². The van der Waals surface area contributed by atoms with Gasteiger partial charge in [0.05, 0.1) is 23.7 Å². The van der Waals surface area contributed by atoms with Crippen LogP contribution in [0.2, 0.25) is 0 Å². The highest BCUT2D eigenvalue weighted by Gasteiger charge is 2.68. The number of carbonyl (C=O) groups is 2. The molecule has 0 radical (unpaired) electrons. The molecule has 0 aromatic heterocycles. The quantitative estimate of drug-likeness (QED) is 0.0652. The summed E-state index contributed by atoms with van der Waals surface area (Å²) in [5.74, 6) is 0.199. The number of hydrogen-bond donors (Lipinski definition) is 6. The molecule has 2 aliphatic heterocycles. The number of nitrogens with zero attached hydrogens (tertiary/aromatic N) is 2. The van der Waals surface area contributed by atoms with E-state index in [4.69, 9.17) is 20.2 Å². The van der Waals surface area contributed by atoms with Crippen LogP contribution in [0.25, 0.3) is 0 Å². The highest BCUT2D eigenvalue weighted by molar-refractivity contribution is 6.48. The second-order valence-corrected chi connectivity index (χ2v) is 13.4. The van der Waals surface area contributed by atoms with Crippen LogP contribution in [0.3, 0.4) is 0 Å². The van der Waals surface area contributed by atoms with Crippen molar-refractivity contribution in [1.29, 1.82) is 0 Å². The van der Waals surface area contributed by atoms with Gasteiger partial charge in [0.2, 0.25) is 11.8 Å². The first-order chi connectivity index (χ1) is 19.3. The molecule has 13 nitrogen and oxygen atoms in total. The average molecular weight is 579 g/mol. The lowest BCUT2D eigenvalue weighted by atomic mass is 9.43. The minimum Gasteiger partial charge on any atom is -0.404 e. The average Bonchev–Trinajstić information content (AvgIpc) is 3.26. The molecule has 0 aromatic carbocycles. The lowest BCUT2D eigenvalue weighted by molar-refractivity contribution is -0.822. The molecule has 3 saturated carbocycles. The summed E-state index contributed by atoms with van der Waals surface area (Å²) < 4.78 is 13.2. The molecule has 2 saturated heterocycles. The Balaban J connectivity index is 1.43. The number of aliphatic imine (C=N–C) groups is 1. The third-order valence-corrected chi connectivity index (χ3v) is 9.75. The van der Waals surface area contributed by atoms with Gasteiger partial charge in [0.15, 0.2) is 0 Å². The number of nitrogens with two attached hydrogens (primary N) is 1. The highest BCUT2D eigenvalue weighted by Crippen LogP contribution is 2.65. The Morgan fingerprint density at radius 1 is 1.22 bits per heavy atom. The number of hydrogen-bond acceptors (Lipinski definition) is 7. The Hall–Kier alpha value is -2.45. The van der Waals surface area contributed by atoms with Gasteiger partial charge in [-0.1, -0.05) is 34.1 Å². The van der Waals surface area contributed by atoms with Crippen molar-refractivity contribution in [2.75, 3.05) is 13.1 Å². The van der Waals surface area contributed by atoms with Gasteiger partial charge in [-0.05, 0) is 87.0 Å². The Bertz CT molecular complexity index is 1010. The van der Waals surface area contributed by atoms with Crippen molar-refractivity contribution < 1.29 is 29.1 Å². The van der Waals surface area contributed by atoms with Gasteiger partial charge in [-0.15, -0.1) is 0 Å². The minimum atomic E-state index is -0.801. The number of piperidine rings is 1. The first-order valence-corrected chi connectivity index (χ1v) is 15.2. The summed E-state index contributed by atoms with van der Waals surface area (Å²) >= 11 is 0. The topological polar surface area (TPSA) is 179 Å². The van der Waals surface area contributed by atoms with Gasteiger partial charge < -0.3 is 31.0 Å². The van der Waals surface area contributed by atoms with Crippen molar-refractivity contribution in [3.05, 3.63) is 4.91 Å². The molecular formula is C27H49BN7O6+. The molecule has 0 unspecified atom stereocenters. The molecule has 2 bridgehead atoms. The van der Waals surface area contributed by atoms with Crippen LogP contribution >= 0.6 is 0 Å². The van der Waals surface area contributed by atoms with E-state index in [1.807, 2.05) is 5.43 Å². The molecule has 5 aliphatic rings. The van der Waals surface area contributed by atoms with E-state index in [1.165, 1.54) is 0 Å². The SMILES string of the molecule is CC(C)C[C@H](NC(=O)[C@H](CCCN=C(N)N[N+](=O)O)NC(=O)[C@@H]1CCCCN1)B1O[C@@H]2C[C@@H]3C[C@@H](C3(C)C)[C@]2(C)O1. The molecule has 7 N–H and O–H groups in total. The Kier molecular flexibility index (Phi) is 9.85. The fourth-order valence-electron chi connectivity index (χ4n) is 7.35. The van der Waals surface area contributed by atoms with Gasteiger partial charge in [-0.3, -0.25) is 9.59 Å². The number of amides is 2. The van der Waals surface area contributed by atoms with Crippen molar-refractivity contribution in [3.63, 3.8) is 0 Å². The Morgan fingerprint density at radius 3 is 2.61 bits per heavy atom. The first kappa shape index (κ1) is 31.5. The van der Waals surface area contributed by atoms with Gasteiger partial charge in [0.1, 0.15) is 10.9 Å². The van der Waals surface area contributed by atoms with Gasteiger partial charge in [-0.2, -0.15) is 0 Å². The predicted molar refractivity (Wildman–Crippen MR) is 153 cm³/mol. The molecule has 14 heteroatoms.